The van der Waals surface area contributed by atoms with E-state index in [2.05, 4.69) is 5.32 Å². The Balaban J connectivity index is 2.08. The van der Waals surface area contributed by atoms with Gasteiger partial charge >= 0.3 is 0 Å². The number of nitrogens with zero attached hydrogens (tertiary/aromatic N) is 1. The molecule has 0 radical (unpaired) electrons. The molecule has 4 nitrogen and oxygen atoms in total. The van der Waals surface area contributed by atoms with Gasteiger partial charge in [-0.2, -0.15) is 0 Å². The number of fused-ring (bicyclic) bond motifs is 1. The molecular weight excluding hydrogens is 252 g/mol. The number of para-hydroxylation sites is 1. The van der Waals surface area contributed by atoms with Crippen molar-refractivity contribution in [1.82, 2.24) is 5.32 Å². The third kappa shape index (κ3) is 1.95. The first-order valence-electron chi connectivity index (χ1n) is 6.41. The summed E-state index contributed by atoms with van der Waals surface area (Å²) < 4.78 is 0. The highest BCUT2D eigenvalue weighted by atomic mass is 16.2. The van der Waals surface area contributed by atoms with Gasteiger partial charge in [-0.3, -0.25) is 9.59 Å². The van der Waals surface area contributed by atoms with Gasteiger partial charge in [-0.1, -0.05) is 42.5 Å². The number of nitrogens with one attached hydrogen (secondary N) is 1. The van der Waals surface area contributed by atoms with Crippen LogP contribution in [-0.4, -0.2) is 18.9 Å². The molecule has 1 atom stereocenters. The van der Waals surface area contributed by atoms with Gasteiger partial charge in [0.15, 0.2) is 0 Å². The van der Waals surface area contributed by atoms with E-state index >= 15 is 0 Å². The Morgan fingerprint density at radius 1 is 0.950 bits per heavy atom. The predicted molar refractivity (Wildman–Crippen MR) is 76.5 cm³/mol. The van der Waals surface area contributed by atoms with Crippen LogP contribution >= 0.6 is 0 Å². The van der Waals surface area contributed by atoms with Crippen molar-refractivity contribution in [1.29, 1.82) is 0 Å². The largest absolute Gasteiger partial charge is 0.336 e. The Morgan fingerprint density at radius 3 is 2.35 bits per heavy atom. The van der Waals surface area contributed by atoms with E-state index in [4.69, 9.17) is 0 Å². The second kappa shape index (κ2) is 4.81. The zero-order valence-electron chi connectivity index (χ0n) is 11.0. The molecule has 100 valence electrons. The monoisotopic (exact) mass is 266 g/mol. The molecule has 20 heavy (non-hydrogen) atoms. The Bertz CT molecular complexity index is 667. The summed E-state index contributed by atoms with van der Waals surface area (Å²) in [6.45, 7) is 0. The van der Waals surface area contributed by atoms with Crippen molar-refractivity contribution < 1.29 is 9.59 Å². The van der Waals surface area contributed by atoms with Crippen LogP contribution in [0.2, 0.25) is 0 Å². The standard InChI is InChI=1S/C16H14N2O2/c1-18-13-10-6-5-9-12(13)15(19)17-14(16(18)20)11-7-3-2-4-8-11/h2-10,14H,1H3,(H,17,19)/t14-/m0/s1. The summed E-state index contributed by atoms with van der Waals surface area (Å²) in [4.78, 5) is 26.4. The zero-order chi connectivity index (χ0) is 14.1. The summed E-state index contributed by atoms with van der Waals surface area (Å²) in [6.07, 6.45) is 0. The lowest BCUT2D eigenvalue weighted by molar-refractivity contribution is -0.120. The van der Waals surface area contributed by atoms with Crippen molar-refractivity contribution in [3.05, 3.63) is 65.7 Å². The normalized spacial score (nSPS) is 18.2. The average molecular weight is 266 g/mol. The molecule has 0 spiro atoms. The Morgan fingerprint density at radius 2 is 1.60 bits per heavy atom. The number of amides is 2. The van der Waals surface area contributed by atoms with E-state index in [-0.39, 0.29) is 11.8 Å². The Labute approximate surface area is 117 Å². The minimum atomic E-state index is -0.652. The van der Waals surface area contributed by atoms with Crippen LogP contribution in [0, 0.1) is 0 Å². The maximum absolute atomic E-state index is 12.6. The number of hydrogen-bond acceptors (Lipinski definition) is 2. The highest BCUT2D eigenvalue weighted by Gasteiger charge is 2.32. The fourth-order valence-corrected chi connectivity index (χ4v) is 2.41. The zero-order valence-corrected chi connectivity index (χ0v) is 11.0. The summed E-state index contributed by atoms with van der Waals surface area (Å²) in [5.74, 6) is -0.373. The van der Waals surface area contributed by atoms with Crippen LogP contribution in [0.1, 0.15) is 22.0 Å². The van der Waals surface area contributed by atoms with Crippen molar-refractivity contribution in [2.45, 2.75) is 6.04 Å². The van der Waals surface area contributed by atoms with Gasteiger partial charge in [0.05, 0.1) is 11.3 Å². The van der Waals surface area contributed by atoms with Gasteiger partial charge in [0.2, 0.25) is 0 Å². The van der Waals surface area contributed by atoms with Crippen LogP contribution in [0.4, 0.5) is 5.69 Å². The molecule has 2 aromatic carbocycles. The molecule has 0 aromatic heterocycles. The number of rotatable bonds is 1. The van der Waals surface area contributed by atoms with E-state index in [1.165, 1.54) is 4.90 Å². The molecule has 0 saturated heterocycles. The van der Waals surface area contributed by atoms with Crippen LogP contribution in [0.25, 0.3) is 0 Å². The first-order chi connectivity index (χ1) is 9.68. The minimum Gasteiger partial charge on any atom is -0.336 e. The Kier molecular flexibility index (Phi) is 2.99. The maximum atomic E-state index is 12.6. The number of benzene rings is 2. The molecule has 1 aliphatic heterocycles. The van der Waals surface area contributed by atoms with Crippen LogP contribution in [0.5, 0.6) is 0 Å². The first-order valence-corrected chi connectivity index (χ1v) is 6.41. The van der Waals surface area contributed by atoms with E-state index in [9.17, 15) is 9.59 Å². The van der Waals surface area contributed by atoms with E-state index in [1.807, 2.05) is 36.4 Å². The summed E-state index contributed by atoms with van der Waals surface area (Å²) in [5.41, 5.74) is 1.93. The quantitative estimate of drug-likeness (QED) is 0.859. The molecule has 0 fully saturated rings. The van der Waals surface area contributed by atoms with Crippen molar-refractivity contribution in [3.63, 3.8) is 0 Å². The van der Waals surface area contributed by atoms with Gasteiger partial charge < -0.3 is 10.2 Å². The molecule has 1 heterocycles. The van der Waals surface area contributed by atoms with E-state index in [0.29, 0.717) is 11.3 Å². The summed E-state index contributed by atoms with van der Waals surface area (Å²) in [5, 5.41) is 2.80. The fourth-order valence-electron chi connectivity index (χ4n) is 2.41. The predicted octanol–water partition coefficient (Wildman–Crippen LogP) is 2.13. The van der Waals surface area contributed by atoms with E-state index in [0.717, 1.165) is 5.56 Å². The average Bonchev–Trinajstić information content (AvgIpc) is 2.60. The number of likely N-dealkylation sites (N-methyl/N-ethyl adjacent to an activating group) is 1. The lowest BCUT2D eigenvalue weighted by Gasteiger charge is -2.21. The number of carbonyl (C=O) groups excluding carboxylic acids is 2. The molecule has 2 aromatic rings. The van der Waals surface area contributed by atoms with Crippen LogP contribution in [0.15, 0.2) is 54.6 Å². The van der Waals surface area contributed by atoms with Crippen LogP contribution < -0.4 is 10.2 Å². The van der Waals surface area contributed by atoms with Gasteiger partial charge in [-0.15, -0.1) is 0 Å². The van der Waals surface area contributed by atoms with Crippen LogP contribution in [-0.2, 0) is 4.79 Å². The van der Waals surface area contributed by atoms with Crippen molar-refractivity contribution >= 4 is 17.5 Å². The molecular formula is C16H14N2O2. The SMILES string of the molecule is CN1C(=O)[C@H](c2ccccc2)NC(=O)c2ccccc21. The third-order valence-corrected chi connectivity index (χ3v) is 3.50. The molecule has 1 aliphatic rings. The molecule has 0 saturated carbocycles. The number of carbonyl (C=O) groups is 2. The molecule has 0 aliphatic carbocycles. The lowest BCUT2D eigenvalue weighted by Crippen LogP contribution is -2.37. The van der Waals surface area contributed by atoms with E-state index < -0.39 is 6.04 Å². The van der Waals surface area contributed by atoms with Crippen molar-refractivity contribution in [2.24, 2.45) is 0 Å². The molecule has 0 bridgehead atoms. The molecule has 0 unspecified atom stereocenters. The van der Waals surface area contributed by atoms with Gasteiger partial charge in [0, 0.05) is 7.05 Å². The molecule has 3 rings (SSSR count). The highest BCUT2D eigenvalue weighted by molar-refractivity contribution is 6.10. The van der Waals surface area contributed by atoms with Gasteiger partial charge in [0.25, 0.3) is 11.8 Å². The highest BCUT2D eigenvalue weighted by Crippen LogP contribution is 2.27. The van der Waals surface area contributed by atoms with Gasteiger partial charge in [0.1, 0.15) is 6.04 Å². The third-order valence-electron chi connectivity index (χ3n) is 3.50. The topological polar surface area (TPSA) is 49.4 Å². The smallest absolute Gasteiger partial charge is 0.254 e. The molecule has 4 heteroatoms. The first kappa shape index (κ1) is 12.4. The second-order valence-electron chi connectivity index (χ2n) is 4.73. The fraction of sp³-hybridized carbons (Fsp3) is 0.125. The lowest BCUT2D eigenvalue weighted by atomic mass is 10.1. The molecule has 1 N–H and O–H groups in total. The maximum Gasteiger partial charge on any atom is 0.254 e. The summed E-state index contributed by atoms with van der Waals surface area (Å²) in [7, 11) is 1.69. The van der Waals surface area contributed by atoms with Crippen LogP contribution in [0.3, 0.4) is 0 Å². The van der Waals surface area contributed by atoms with Crippen molar-refractivity contribution in [3.8, 4) is 0 Å². The second-order valence-corrected chi connectivity index (χ2v) is 4.73. The number of hydrogen-bond donors (Lipinski definition) is 1. The summed E-state index contributed by atoms with van der Waals surface area (Å²) >= 11 is 0. The Hall–Kier alpha value is -2.62. The van der Waals surface area contributed by atoms with Gasteiger partial charge in [-0.25, -0.2) is 0 Å². The molecule has 2 amide bonds. The number of anilines is 1. The van der Waals surface area contributed by atoms with E-state index in [1.54, 1.807) is 25.2 Å². The summed E-state index contributed by atoms with van der Waals surface area (Å²) in [6, 6.07) is 15.7. The van der Waals surface area contributed by atoms with Gasteiger partial charge in [-0.05, 0) is 17.7 Å². The minimum absolute atomic E-state index is 0.144. The van der Waals surface area contributed by atoms with Crippen molar-refractivity contribution in [2.75, 3.05) is 11.9 Å².